The number of carbonyl (C=O) groups excluding carboxylic acids is 1. The number of aromatic nitrogens is 4. The molecule has 6 nitrogen and oxygen atoms in total. The molecule has 2 unspecified atom stereocenters. The molecule has 2 aliphatic heterocycles. The molecule has 2 bridgehead atoms. The molecule has 0 saturated carbocycles. The maximum Gasteiger partial charge on any atom is 0.254 e. The number of hydrogen-bond acceptors (Lipinski definition) is 5. The quantitative estimate of drug-likeness (QED) is 0.720. The predicted molar refractivity (Wildman–Crippen MR) is 90.9 cm³/mol. The lowest BCUT2D eigenvalue weighted by atomic mass is 9.96. The van der Waals surface area contributed by atoms with Gasteiger partial charge in [-0.3, -0.25) is 4.79 Å². The Bertz CT molecular complexity index is 875. The van der Waals surface area contributed by atoms with Gasteiger partial charge in [-0.05, 0) is 43.9 Å². The third-order valence-electron chi connectivity index (χ3n) is 5.33. The van der Waals surface area contributed by atoms with Crippen molar-refractivity contribution in [1.82, 2.24) is 24.6 Å². The Morgan fingerprint density at radius 1 is 1.17 bits per heavy atom. The van der Waals surface area contributed by atoms with E-state index in [2.05, 4.69) is 20.0 Å². The molecule has 2 fully saturated rings. The van der Waals surface area contributed by atoms with Crippen LogP contribution >= 0.6 is 11.3 Å². The van der Waals surface area contributed by atoms with Crippen molar-refractivity contribution in [2.45, 2.75) is 43.8 Å². The fraction of sp³-hybridized carbons (Fsp3) is 0.412. The van der Waals surface area contributed by atoms with E-state index in [0.29, 0.717) is 18.1 Å². The lowest BCUT2D eigenvalue weighted by Crippen LogP contribution is -2.47. The molecular weight excluding hydrogens is 322 g/mol. The number of fused-ring (bicyclic) bond motifs is 3. The molecule has 1 amide bonds. The van der Waals surface area contributed by atoms with Crippen molar-refractivity contribution in [2.75, 3.05) is 0 Å². The van der Waals surface area contributed by atoms with Crippen LogP contribution in [0.25, 0.3) is 10.2 Å². The summed E-state index contributed by atoms with van der Waals surface area (Å²) >= 11 is 1.58. The maximum atomic E-state index is 13.1. The summed E-state index contributed by atoms with van der Waals surface area (Å²) in [6.07, 6.45) is 7.49. The number of amides is 1. The number of thiazole rings is 1. The van der Waals surface area contributed by atoms with E-state index in [9.17, 15) is 4.79 Å². The minimum absolute atomic E-state index is 0.162. The summed E-state index contributed by atoms with van der Waals surface area (Å²) < 4.78 is 3.03. The summed E-state index contributed by atoms with van der Waals surface area (Å²) in [5.74, 6) is 0.162. The SMILES string of the molecule is O=C(c1ccc2ncsc2c1)N1C2CCC1CC(n1cncn1)C2. The van der Waals surface area contributed by atoms with Gasteiger partial charge >= 0.3 is 0 Å². The molecule has 4 heterocycles. The van der Waals surface area contributed by atoms with Gasteiger partial charge < -0.3 is 4.90 Å². The molecule has 0 aliphatic carbocycles. The second-order valence-electron chi connectivity index (χ2n) is 6.63. The molecule has 7 heteroatoms. The van der Waals surface area contributed by atoms with E-state index in [1.807, 2.05) is 28.4 Å². The van der Waals surface area contributed by atoms with E-state index in [-0.39, 0.29) is 5.91 Å². The summed E-state index contributed by atoms with van der Waals surface area (Å²) in [7, 11) is 0. The van der Waals surface area contributed by atoms with Crippen LogP contribution < -0.4 is 0 Å². The second kappa shape index (κ2) is 5.37. The first kappa shape index (κ1) is 14.1. The molecule has 5 rings (SSSR count). The standard InChI is InChI=1S/C17H17N5OS/c23-17(11-1-4-15-16(5-11)24-10-19-15)22-12-2-3-13(22)7-14(6-12)21-9-18-8-20-21/h1,4-5,8-10,12-14H,2-3,6-7H2. The van der Waals surface area contributed by atoms with Crippen LogP contribution in [0.15, 0.2) is 36.4 Å². The van der Waals surface area contributed by atoms with Crippen LogP contribution in [-0.4, -0.2) is 42.6 Å². The van der Waals surface area contributed by atoms with Crippen molar-refractivity contribution in [3.63, 3.8) is 0 Å². The van der Waals surface area contributed by atoms with Gasteiger partial charge in [0.05, 0.1) is 21.8 Å². The Morgan fingerprint density at radius 3 is 2.75 bits per heavy atom. The molecule has 2 aliphatic rings. The summed E-state index contributed by atoms with van der Waals surface area (Å²) in [5.41, 5.74) is 3.57. The van der Waals surface area contributed by atoms with Gasteiger partial charge in [0, 0.05) is 17.6 Å². The van der Waals surface area contributed by atoms with Crippen molar-refractivity contribution in [2.24, 2.45) is 0 Å². The number of nitrogens with zero attached hydrogens (tertiary/aromatic N) is 5. The van der Waals surface area contributed by atoms with Crippen LogP contribution in [-0.2, 0) is 0 Å². The van der Waals surface area contributed by atoms with Gasteiger partial charge in [-0.25, -0.2) is 14.6 Å². The molecule has 0 N–H and O–H groups in total. The number of carbonyl (C=O) groups is 1. The van der Waals surface area contributed by atoms with Gasteiger partial charge in [0.1, 0.15) is 12.7 Å². The van der Waals surface area contributed by atoms with Crippen molar-refractivity contribution >= 4 is 27.5 Å². The van der Waals surface area contributed by atoms with Gasteiger partial charge in [0.2, 0.25) is 0 Å². The number of hydrogen-bond donors (Lipinski definition) is 0. The Hall–Kier alpha value is -2.28. The maximum absolute atomic E-state index is 13.1. The largest absolute Gasteiger partial charge is 0.333 e. The fourth-order valence-electron chi connectivity index (χ4n) is 4.24. The van der Waals surface area contributed by atoms with Crippen LogP contribution in [0.5, 0.6) is 0 Å². The topological polar surface area (TPSA) is 63.9 Å². The van der Waals surface area contributed by atoms with E-state index >= 15 is 0 Å². The third-order valence-corrected chi connectivity index (χ3v) is 6.12. The Morgan fingerprint density at radius 2 is 2.00 bits per heavy atom. The highest BCUT2D eigenvalue weighted by atomic mass is 32.1. The second-order valence-corrected chi connectivity index (χ2v) is 7.52. The zero-order valence-corrected chi connectivity index (χ0v) is 13.9. The highest BCUT2D eigenvalue weighted by Crippen LogP contribution is 2.41. The Balaban J connectivity index is 1.42. The average molecular weight is 339 g/mol. The highest BCUT2D eigenvalue weighted by molar-refractivity contribution is 7.16. The van der Waals surface area contributed by atoms with E-state index in [1.165, 1.54) is 0 Å². The van der Waals surface area contributed by atoms with Crippen molar-refractivity contribution in [3.8, 4) is 0 Å². The van der Waals surface area contributed by atoms with Gasteiger partial charge in [-0.15, -0.1) is 11.3 Å². The van der Waals surface area contributed by atoms with Crippen molar-refractivity contribution in [3.05, 3.63) is 41.9 Å². The summed E-state index contributed by atoms with van der Waals surface area (Å²) in [4.78, 5) is 23.6. The third kappa shape index (κ3) is 2.15. The summed E-state index contributed by atoms with van der Waals surface area (Å²) in [6.45, 7) is 0. The van der Waals surface area contributed by atoms with Gasteiger partial charge in [0.15, 0.2) is 0 Å². The molecule has 0 radical (unpaired) electrons. The molecule has 2 atom stereocenters. The normalized spacial score (nSPS) is 26.2. The molecule has 122 valence electrons. The molecule has 24 heavy (non-hydrogen) atoms. The highest BCUT2D eigenvalue weighted by Gasteiger charge is 2.44. The Kier molecular flexibility index (Phi) is 3.16. The molecule has 0 spiro atoms. The van der Waals surface area contributed by atoms with Crippen molar-refractivity contribution < 1.29 is 4.79 Å². The lowest BCUT2D eigenvalue weighted by molar-refractivity contribution is 0.0524. The monoisotopic (exact) mass is 339 g/mol. The van der Waals surface area contributed by atoms with Crippen LogP contribution in [0.3, 0.4) is 0 Å². The van der Waals surface area contributed by atoms with Gasteiger partial charge in [-0.2, -0.15) is 5.10 Å². The molecule has 2 aromatic heterocycles. The number of piperidine rings is 1. The molecular formula is C17H17N5OS. The van der Waals surface area contributed by atoms with E-state index in [4.69, 9.17) is 0 Å². The van der Waals surface area contributed by atoms with E-state index < -0.39 is 0 Å². The number of rotatable bonds is 2. The molecule has 3 aromatic rings. The molecule has 2 saturated heterocycles. The number of benzene rings is 1. The minimum Gasteiger partial charge on any atom is -0.333 e. The zero-order chi connectivity index (χ0) is 16.1. The Labute approximate surface area is 143 Å². The van der Waals surface area contributed by atoms with Gasteiger partial charge in [-0.1, -0.05) is 0 Å². The summed E-state index contributed by atoms with van der Waals surface area (Å²) in [5, 5.41) is 4.29. The lowest BCUT2D eigenvalue weighted by Gasteiger charge is -2.39. The zero-order valence-electron chi connectivity index (χ0n) is 13.1. The predicted octanol–water partition coefficient (Wildman–Crippen LogP) is 2.90. The van der Waals surface area contributed by atoms with E-state index in [0.717, 1.165) is 41.5 Å². The van der Waals surface area contributed by atoms with E-state index in [1.54, 1.807) is 24.0 Å². The first-order valence-corrected chi connectivity index (χ1v) is 9.17. The van der Waals surface area contributed by atoms with Crippen LogP contribution in [0.4, 0.5) is 0 Å². The summed E-state index contributed by atoms with van der Waals surface area (Å²) in [6, 6.07) is 6.82. The van der Waals surface area contributed by atoms with Crippen molar-refractivity contribution in [1.29, 1.82) is 0 Å². The average Bonchev–Trinajstić information content (AvgIpc) is 3.33. The first-order valence-electron chi connectivity index (χ1n) is 8.29. The first-order chi connectivity index (χ1) is 11.8. The van der Waals surface area contributed by atoms with Crippen LogP contribution in [0, 0.1) is 0 Å². The van der Waals surface area contributed by atoms with Gasteiger partial charge in [0.25, 0.3) is 5.91 Å². The smallest absolute Gasteiger partial charge is 0.254 e. The van der Waals surface area contributed by atoms with Crippen LogP contribution in [0.2, 0.25) is 0 Å². The fourth-order valence-corrected chi connectivity index (χ4v) is 4.96. The minimum atomic E-state index is 0.162. The molecule has 1 aromatic carbocycles. The van der Waals surface area contributed by atoms with Crippen LogP contribution in [0.1, 0.15) is 42.1 Å².